The van der Waals surface area contributed by atoms with E-state index in [0.717, 1.165) is 24.8 Å². The fourth-order valence-electron chi connectivity index (χ4n) is 3.81. The fourth-order valence-corrected chi connectivity index (χ4v) is 3.81. The van der Waals surface area contributed by atoms with Crippen molar-refractivity contribution in [3.8, 4) is 0 Å². The quantitative estimate of drug-likeness (QED) is 0.328. The van der Waals surface area contributed by atoms with Crippen molar-refractivity contribution < 1.29 is 0 Å². The Morgan fingerprint density at radius 3 is 1.68 bits per heavy atom. The fraction of sp³-hybridized carbons (Fsp3) is 0.217. The van der Waals surface area contributed by atoms with Gasteiger partial charge in [-0.05, 0) is 32.3 Å². The predicted molar refractivity (Wildman–Crippen MR) is 112 cm³/mol. The van der Waals surface area contributed by atoms with Gasteiger partial charge in [-0.2, -0.15) is 0 Å². The zero-order valence-electron chi connectivity index (χ0n) is 14.6. The molecular weight excluding hydrogens is 298 g/mol. The monoisotopic (exact) mass is 318 g/mol. The van der Waals surface area contributed by atoms with E-state index in [2.05, 4.69) is 73.7 Å². The summed E-state index contributed by atoms with van der Waals surface area (Å²) >= 11 is 0. The second kappa shape index (κ2) is 6.26. The Labute approximate surface area is 152 Å². The van der Waals surface area contributed by atoms with Gasteiger partial charge in [-0.15, -0.1) is 0 Å². The van der Waals surface area contributed by atoms with Gasteiger partial charge >= 0.3 is 0 Å². The van der Waals surface area contributed by atoms with Crippen molar-refractivity contribution in [1.29, 1.82) is 0 Å². The van der Waals surface area contributed by atoms with Crippen LogP contribution in [-0.2, 0) is 5.21 Å². The van der Waals surface area contributed by atoms with E-state index < -0.39 is 5.21 Å². The lowest BCUT2D eigenvalue weighted by molar-refractivity contribution is 0.659. The van der Waals surface area contributed by atoms with Crippen molar-refractivity contribution in [2.45, 2.75) is 31.4 Å². The van der Waals surface area contributed by atoms with E-state index in [4.69, 9.17) is 15.7 Å². The molecule has 0 aliphatic heterocycles. The predicted octanol–water partition coefficient (Wildman–Crippen LogP) is 5.83. The second-order valence-corrected chi connectivity index (χ2v) is 7.00. The molecule has 0 aliphatic carbocycles. The van der Waals surface area contributed by atoms with Crippen LogP contribution in [0.4, 0.5) is 0 Å². The molecule has 4 rings (SSSR count). The smallest absolute Gasteiger partial charge is 0.0682 e. The molecular formula is C23H20B2. The van der Waals surface area contributed by atoms with E-state index in [0.29, 0.717) is 0 Å². The average Bonchev–Trinajstić information content (AvgIpc) is 2.66. The van der Waals surface area contributed by atoms with Crippen LogP contribution >= 0.6 is 0 Å². The minimum absolute atomic E-state index is 0.781. The molecule has 118 valence electrons. The van der Waals surface area contributed by atoms with Crippen LogP contribution in [0.25, 0.3) is 32.3 Å². The van der Waals surface area contributed by atoms with Gasteiger partial charge in [-0.25, -0.2) is 0 Å². The van der Waals surface area contributed by atoms with Crippen LogP contribution in [0.1, 0.15) is 31.7 Å². The lowest BCUT2D eigenvalue weighted by atomic mass is 9.49. The van der Waals surface area contributed by atoms with Gasteiger partial charge in [0.05, 0.1) is 15.7 Å². The molecule has 0 heterocycles. The zero-order valence-corrected chi connectivity index (χ0v) is 14.6. The van der Waals surface area contributed by atoms with Crippen molar-refractivity contribution in [2.24, 2.45) is 0 Å². The molecule has 0 bridgehead atoms. The summed E-state index contributed by atoms with van der Waals surface area (Å²) < 4.78 is 0. The van der Waals surface area contributed by atoms with Gasteiger partial charge in [0.1, 0.15) is 0 Å². The molecule has 25 heavy (non-hydrogen) atoms. The molecule has 0 atom stereocenters. The molecule has 0 fully saturated rings. The molecule has 4 aromatic rings. The van der Waals surface area contributed by atoms with E-state index in [9.17, 15) is 0 Å². The molecule has 4 aromatic carbocycles. The molecule has 0 nitrogen and oxygen atoms in total. The van der Waals surface area contributed by atoms with E-state index in [-0.39, 0.29) is 0 Å². The van der Waals surface area contributed by atoms with Crippen molar-refractivity contribution in [1.82, 2.24) is 0 Å². The van der Waals surface area contributed by atoms with Gasteiger partial charge in [0.2, 0.25) is 0 Å². The van der Waals surface area contributed by atoms with Gasteiger partial charge in [0.15, 0.2) is 0 Å². The minimum atomic E-state index is -0.781. The first-order valence-corrected chi connectivity index (χ1v) is 9.03. The third-order valence-corrected chi connectivity index (χ3v) is 5.23. The molecule has 0 aromatic heterocycles. The van der Waals surface area contributed by atoms with Crippen molar-refractivity contribution in [2.75, 3.05) is 0 Å². The first-order valence-electron chi connectivity index (χ1n) is 9.03. The Morgan fingerprint density at radius 1 is 0.680 bits per heavy atom. The van der Waals surface area contributed by atoms with Crippen LogP contribution < -0.4 is 0 Å². The zero-order chi connectivity index (χ0) is 17.4. The van der Waals surface area contributed by atoms with Gasteiger partial charge in [0.25, 0.3) is 0 Å². The highest BCUT2D eigenvalue weighted by molar-refractivity contribution is 6.40. The van der Waals surface area contributed by atoms with E-state index >= 15 is 0 Å². The van der Waals surface area contributed by atoms with Gasteiger partial charge in [-0.3, -0.25) is 0 Å². The number of unbranched alkanes of at least 4 members (excludes halogenated alkanes) is 1. The standard InChI is InChI=1S/C23H20B2/c1-2-3-14-23(24,25)16-12-13-21-19-10-5-4-8-17(19)18-9-6-7-11-20(18)22(21)15-16/h4-13,15H,2-3,14H2,1H3. The minimum Gasteiger partial charge on any atom is -0.0755 e. The second-order valence-electron chi connectivity index (χ2n) is 7.00. The molecule has 0 amide bonds. The number of hydrogen-bond acceptors (Lipinski definition) is 0. The van der Waals surface area contributed by atoms with Crippen molar-refractivity contribution >= 4 is 48.0 Å². The maximum atomic E-state index is 6.45. The summed E-state index contributed by atoms with van der Waals surface area (Å²) in [5.74, 6) is 0. The van der Waals surface area contributed by atoms with Crippen molar-refractivity contribution in [3.05, 3.63) is 72.3 Å². The average molecular weight is 318 g/mol. The lowest BCUT2D eigenvalue weighted by Gasteiger charge is -2.27. The maximum absolute atomic E-state index is 6.45. The largest absolute Gasteiger partial charge is 0.0755 e. The van der Waals surface area contributed by atoms with E-state index in [1.165, 1.54) is 32.3 Å². The topological polar surface area (TPSA) is 0 Å². The molecule has 0 unspecified atom stereocenters. The van der Waals surface area contributed by atoms with Crippen LogP contribution in [-0.4, -0.2) is 15.7 Å². The molecule has 0 aliphatic rings. The highest BCUT2D eigenvalue weighted by Crippen LogP contribution is 2.37. The van der Waals surface area contributed by atoms with Crippen molar-refractivity contribution in [3.63, 3.8) is 0 Å². The van der Waals surface area contributed by atoms with Crippen LogP contribution in [0, 0.1) is 0 Å². The molecule has 0 saturated heterocycles. The Hall–Kier alpha value is -2.21. The molecule has 0 spiro atoms. The van der Waals surface area contributed by atoms with Crippen LogP contribution in [0.15, 0.2) is 66.7 Å². The number of benzene rings is 4. The highest BCUT2D eigenvalue weighted by Gasteiger charge is 2.20. The van der Waals surface area contributed by atoms with E-state index in [1.807, 2.05) is 0 Å². The first-order chi connectivity index (χ1) is 12.1. The lowest BCUT2D eigenvalue weighted by Crippen LogP contribution is -2.26. The molecule has 2 heteroatoms. The Bertz CT molecular complexity index is 1030. The highest BCUT2D eigenvalue weighted by atomic mass is 14.2. The maximum Gasteiger partial charge on any atom is 0.0682 e. The molecule has 0 N–H and O–H groups in total. The Kier molecular flexibility index (Phi) is 4.07. The summed E-state index contributed by atoms with van der Waals surface area (Å²) in [5, 5.41) is 6.79. The van der Waals surface area contributed by atoms with Gasteiger partial charge in [0, 0.05) is 0 Å². The summed E-state index contributed by atoms with van der Waals surface area (Å²) in [7, 11) is 12.9. The Balaban J connectivity index is 2.05. The van der Waals surface area contributed by atoms with Gasteiger partial charge < -0.3 is 0 Å². The van der Waals surface area contributed by atoms with Gasteiger partial charge in [-0.1, -0.05) is 104 Å². The number of rotatable bonds is 4. The molecule has 4 radical (unpaired) electrons. The van der Waals surface area contributed by atoms with Crippen LogP contribution in [0.2, 0.25) is 0 Å². The van der Waals surface area contributed by atoms with Crippen LogP contribution in [0.3, 0.4) is 0 Å². The van der Waals surface area contributed by atoms with Crippen LogP contribution in [0.5, 0.6) is 0 Å². The normalized spacial score (nSPS) is 12.2. The summed E-state index contributed by atoms with van der Waals surface area (Å²) in [6, 6.07) is 23.6. The third-order valence-electron chi connectivity index (χ3n) is 5.23. The summed E-state index contributed by atoms with van der Waals surface area (Å²) in [4.78, 5) is 0. The number of hydrogen-bond donors (Lipinski definition) is 0. The third kappa shape index (κ3) is 2.74. The first kappa shape index (κ1) is 16.3. The molecule has 0 saturated carbocycles. The number of fused-ring (bicyclic) bond motifs is 6. The summed E-state index contributed by atoms with van der Waals surface area (Å²) in [6.07, 6.45) is 2.92. The summed E-state index contributed by atoms with van der Waals surface area (Å²) in [5.41, 5.74) is 1.01. The summed E-state index contributed by atoms with van der Waals surface area (Å²) in [6.45, 7) is 2.16. The Morgan fingerprint density at radius 2 is 1.16 bits per heavy atom. The SMILES string of the molecule is [B]C([B])(CCCC)c1ccc2c3ccccc3c3ccccc3c2c1. The van der Waals surface area contributed by atoms with E-state index in [1.54, 1.807) is 0 Å².